The third kappa shape index (κ3) is 2.55. The molecule has 0 aliphatic rings. The standard InChI is InChI=1S/C14H16N4OS/c1-9-12(8-16-18(9)3)14(19)17(2)11-6-4-10(5-7-11)13(15)20/h4-8H,1-3H3,(H2,15,20). The summed E-state index contributed by atoms with van der Waals surface area (Å²) >= 11 is 4.91. The van der Waals surface area contributed by atoms with Crippen LogP contribution in [-0.4, -0.2) is 27.7 Å². The Balaban J connectivity index is 2.26. The van der Waals surface area contributed by atoms with E-state index in [1.807, 2.05) is 26.1 Å². The Morgan fingerprint density at radius 1 is 1.35 bits per heavy atom. The van der Waals surface area contributed by atoms with E-state index in [-0.39, 0.29) is 5.91 Å². The third-order valence-electron chi connectivity index (χ3n) is 3.31. The van der Waals surface area contributed by atoms with Crippen molar-refractivity contribution in [1.82, 2.24) is 9.78 Å². The Morgan fingerprint density at radius 2 is 1.95 bits per heavy atom. The van der Waals surface area contributed by atoms with E-state index >= 15 is 0 Å². The molecule has 1 amide bonds. The molecule has 0 unspecified atom stereocenters. The van der Waals surface area contributed by atoms with E-state index in [4.69, 9.17) is 18.0 Å². The molecule has 5 nitrogen and oxygen atoms in total. The van der Waals surface area contributed by atoms with Gasteiger partial charge in [-0.25, -0.2) is 0 Å². The van der Waals surface area contributed by atoms with Crippen LogP contribution in [0.4, 0.5) is 5.69 Å². The van der Waals surface area contributed by atoms with E-state index in [1.54, 1.807) is 35.0 Å². The first-order chi connectivity index (χ1) is 9.41. The lowest BCUT2D eigenvalue weighted by Crippen LogP contribution is -2.26. The molecule has 0 bridgehead atoms. The number of amides is 1. The second-order valence-electron chi connectivity index (χ2n) is 4.54. The van der Waals surface area contributed by atoms with Crippen molar-refractivity contribution in [3.63, 3.8) is 0 Å². The summed E-state index contributed by atoms with van der Waals surface area (Å²) in [5.74, 6) is -0.0984. The van der Waals surface area contributed by atoms with Gasteiger partial charge in [0.25, 0.3) is 5.91 Å². The van der Waals surface area contributed by atoms with Gasteiger partial charge in [-0.2, -0.15) is 5.10 Å². The van der Waals surface area contributed by atoms with Crippen LogP contribution < -0.4 is 10.6 Å². The van der Waals surface area contributed by atoms with Crippen LogP contribution in [0.15, 0.2) is 30.5 Å². The van der Waals surface area contributed by atoms with E-state index in [2.05, 4.69) is 5.10 Å². The first kappa shape index (κ1) is 14.2. The third-order valence-corrected chi connectivity index (χ3v) is 3.55. The number of aromatic nitrogens is 2. The molecule has 0 atom stereocenters. The van der Waals surface area contributed by atoms with Crippen molar-refractivity contribution in [3.8, 4) is 0 Å². The van der Waals surface area contributed by atoms with E-state index in [1.165, 1.54) is 0 Å². The molecule has 0 saturated heterocycles. The summed E-state index contributed by atoms with van der Waals surface area (Å²) in [6, 6.07) is 7.24. The van der Waals surface area contributed by atoms with Crippen molar-refractivity contribution in [2.45, 2.75) is 6.92 Å². The zero-order valence-electron chi connectivity index (χ0n) is 11.6. The quantitative estimate of drug-likeness (QED) is 0.872. The van der Waals surface area contributed by atoms with Gasteiger partial charge in [0.05, 0.1) is 11.8 Å². The minimum absolute atomic E-state index is 0.0984. The van der Waals surface area contributed by atoms with Gasteiger partial charge in [-0.05, 0) is 31.2 Å². The molecule has 0 saturated carbocycles. The minimum atomic E-state index is -0.0984. The molecule has 0 aliphatic heterocycles. The lowest BCUT2D eigenvalue weighted by molar-refractivity contribution is 0.0992. The van der Waals surface area contributed by atoms with Crippen LogP contribution in [0.3, 0.4) is 0 Å². The number of nitrogens with zero attached hydrogens (tertiary/aromatic N) is 3. The maximum Gasteiger partial charge on any atom is 0.261 e. The highest BCUT2D eigenvalue weighted by atomic mass is 32.1. The van der Waals surface area contributed by atoms with Crippen molar-refractivity contribution < 1.29 is 4.79 Å². The molecular formula is C14H16N4OS. The summed E-state index contributed by atoms with van der Waals surface area (Å²) in [5.41, 5.74) is 8.54. The number of hydrogen-bond acceptors (Lipinski definition) is 3. The summed E-state index contributed by atoms with van der Waals surface area (Å²) in [5, 5.41) is 4.09. The number of aryl methyl sites for hydroxylation is 1. The fraction of sp³-hybridized carbons (Fsp3) is 0.214. The van der Waals surface area contributed by atoms with Gasteiger partial charge in [-0.3, -0.25) is 9.48 Å². The summed E-state index contributed by atoms with van der Waals surface area (Å²) in [4.78, 5) is 14.3. The summed E-state index contributed by atoms with van der Waals surface area (Å²) in [7, 11) is 3.54. The number of hydrogen-bond donors (Lipinski definition) is 1. The Bertz CT molecular complexity index is 660. The van der Waals surface area contributed by atoms with Gasteiger partial charge in [-0.1, -0.05) is 12.2 Å². The smallest absolute Gasteiger partial charge is 0.261 e. The molecule has 1 aromatic carbocycles. The SMILES string of the molecule is Cc1c(C(=O)N(C)c2ccc(C(N)=S)cc2)cnn1C. The number of nitrogens with two attached hydrogens (primary N) is 1. The summed E-state index contributed by atoms with van der Waals surface area (Å²) in [6.07, 6.45) is 1.58. The molecule has 0 radical (unpaired) electrons. The Morgan fingerprint density at radius 3 is 2.40 bits per heavy atom. The monoisotopic (exact) mass is 288 g/mol. The number of anilines is 1. The van der Waals surface area contributed by atoms with Gasteiger partial charge < -0.3 is 10.6 Å². The van der Waals surface area contributed by atoms with E-state index in [9.17, 15) is 4.79 Å². The Hall–Kier alpha value is -2.21. The largest absolute Gasteiger partial charge is 0.389 e. The average Bonchev–Trinajstić information content (AvgIpc) is 2.77. The first-order valence-corrected chi connectivity index (χ1v) is 6.49. The van der Waals surface area contributed by atoms with Crippen molar-refractivity contribution in [2.24, 2.45) is 12.8 Å². The molecule has 2 rings (SSSR count). The molecule has 0 aliphatic carbocycles. The number of rotatable bonds is 3. The van der Waals surface area contributed by atoms with Crippen molar-refractivity contribution in [3.05, 3.63) is 47.3 Å². The Labute approximate surface area is 123 Å². The molecule has 104 valence electrons. The first-order valence-electron chi connectivity index (χ1n) is 6.08. The number of thiocarbonyl (C=S) groups is 1. The normalized spacial score (nSPS) is 10.3. The van der Waals surface area contributed by atoms with Crippen LogP contribution in [0.2, 0.25) is 0 Å². The summed E-state index contributed by atoms with van der Waals surface area (Å²) in [6.45, 7) is 1.87. The van der Waals surface area contributed by atoms with Gasteiger partial charge in [-0.15, -0.1) is 0 Å². The fourth-order valence-corrected chi connectivity index (χ4v) is 1.99. The van der Waals surface area contributed by atoms with Crippen molar-refractivity contribution in [1.29, 1.82) is 0 Å². The van der Waals surface area contributed by atoms with E-state index in [0.717, 1.165) is 16.9 Å². The van der Waals surface area contributed by atoms with Crippen molar-refractivity contribution >= 4 is 28.8 Å². The lowest BCUT2D eigenvalue weighted by Gasteiger charge is -2.17. The van der Waals surface area contributed by atoms with Crippen molar-refractivity contribution in [2.75, 3.05) is 11.9 Å². The molecule has 0 fully saturated rings. The number of benzene rings is 1. The van der Waals surface area contributed by atoms with Gasteiger partial charge in [0.15, 0.2) is 0 Å². The second kappa shape index (κ2) is 5.42. The molecule has 2 aromatic rings. The van der Waals surface area contributed by atoms with Crippen LogP contribution in [0.1, 0.15) is 21.6 Å². The highest BCUT2D eigenvalue weighted by Crippen LogP contribution is 2.18. The highest BCUT2D eigenvalue weighted by molar-refractivity contribution is 7.80. The molecule has 0 spiro atoms. The highest BCUT2D eigenvalue weighted by Gasteiger charge is 2.18. The van der Waals surface area contributed by atoms with Crippen LogP contribution in [-0.2, 0) is 7.05 Å². The predicted molar refractivity (Wildman–Crippen MR) is 83.0 cm³/mol. The zero-order valence-corrected chi connectivity index (χ0v) is 12.4. The van der Waals surface area contributed by atoms with Gasteiger partial charge in [0.1, 0.15) is 4.99 Å². The molecular weight excluding hydrogens is 272 g/mol. The van der Waals surface area contributed by atoms with E-state index in [0.29, 0.717) is 10.6 Å². The number of carbonyl (C=O) groups excluding carboxylic acids is 1. The average molecular weight is 288 g/mol. The molecule has 1 heterocycles. The van der Waals surface area contributed by atoms with Crippen LogP contribution >= 0.6 is 12.2 Å². The van der Waals surface area contributed by atoms with Gasteiger partial charge in [0, 0.05) is 31.0 Å². The van der Waals surface area contributed by atoms with Gasteiger partial charge in [0.2, 0.25) is 0 Å². The predicted octanol–water partition coefficient (Wildman–Crippen LogP) is 1.64. The molecule has 2 N–H and O–H groups in total. The van der Waals surface area contributed by atoms with Gasteiger partial charge >= 0.3 is 0 Å². The van der Waals surface area contributed by atoms with E-state index < -0.39 is 0 Å². The molecule has 1 aromatic heterocycles. The molecule has 20 heavy (non-hydrogen) atoms. The maximum absolute atomic E-state index is 12.4. The fourth-order valence-electron chi connectivity index (χ4n) is 1.86. The molecule has 6 heteroatoms. The Kier molecular flexibility index (Phi) is 3.85. The lowest BCUT2D eigenvalue weighted by atomic mass is 10.1. The van der Waals surface area contributed by atoms with Crippen LogP contribution in [0.25, 0.3) is 0 Å². The topological polar surface area (TPSA) is 64.2 Å². The second-order valence-corrected chi connectivity index (χ2v) is 4.98. The number of carbonyl (C=O) groups is 1. The minimum Gasteiger partial charge on any atom is -0.389 e. The maximum atomic E-state index is 12.4. The summed E-state index contributed by atoms with van der Waals surface area (Å²) < 4.78 is 1.68. The zero-order chi connectivity index (χ0) is 14.9. The van der Waals surface area contributed by atoms with Crippen LogP contribution in [0.5, 0.6) is 0 Å². The van der Waals surface area contributed by atoms with Crippen LogP contribution in [0, 0.1) is 6.92 Å².